The Kier molecular flexibility index (Phi) is 18.5. The first-order chi connectivity index (χ1) is 32.8. The molecule has 0 amide bonds. The second-order valence-electron chi connectivity index (χ2n) is 16.1. The molecule has 0 spiro atoms. The van der Waals surface area contributed by atoms with E-state index in [2.05, 4.69) is 44.9 Å². The van der Waals surface area contributed by atoms with Gasteiger partial charge >= 0.3 is 5.97 Å². The van der Waals surface area contributed by atoms with Gasteiger partial charge in [-0.3, -0.25) is 14.8 Å². The highest BCUT2D eigenvalue weighted by Gasteiger charge is 2.18. The minimum Gasteiger partial charge on any atom is -0.488 e. The van der Waals surface area contributed by atoms with E-state index in [9.17, 15) is 25.5 Å². The van der Waals surface area contributed by atoms with Crippen molar-refractivity contribution < 1.29 is 39.1 Å². The Morgan fingerprint density at radius 2 is 1.07 bits per heavy atom. The molecule has 0 saturated carbocycles. The first-order valence-corrected chi connectivity index (χ1v) is 22.6. The number of nitrogens with zero attached hydrogens (tertiary/aromatic N) is 4. The summed E-state index contributed by atoms with van der Waals surface area (Å²) in [6, 6.07) is 26.6. The molecule has 0 fully saturated rings. The SMILES string of the molecule is CCC(O)CNCc1cc(Cl)c(OCc2cccc(-c3cccc(COc4cc(OCc5cncc(C#N)c5)c(CNCC(O)CC(=O)O)cc4Cl)c3C)c2C)cc1OCc1cncc(C#N)c1. The number of nitriles is 2. The molecule has 2 heterocycles. The number of carboxylic acid groups (broad SMARTS) is 1. The summed E-state index contributed by atoms with van der Waals surface area (Å²) in [4.78, 5) is 19.3. The van der Waals surface area contributed by atoms with Crippen LogP contribution in [0, 0.1) is 36.5 Å². The van der Waals surface area contributed by atoms with Crippen molar-refractivity contribution in [2.24, 2.45) is 0 Å². The molecule has 2 aromatic heterocycles. The van der Waals surface area contributed by atoms with Crippen LogP contribution in [0.1, 0.15) is 75.4 Å². The van der Waals surface area contributed by atoms with Crippen LogP contribution in [-0.2, 0) is 44.3 Å². The minimum atomic E-state index is -1.10. The van der Waals surface area contributed by atoms with E-state index in [0.717, 1.165) is 44.5 Å². The first kappa shape index (κ1) is 50.7. The molecule has 6 rings (SSSR count). The first-order valence-electron chi connectivity index (χ1n) is 21.9. The van der Waals surface area contributed by atoms with Gasteiger partial charge in [-0.1, -0.05) is 66.5 Å². The molecule has 4 aromatic carbocycles. The van der Waals surface area contributed by atoms with Crippen molar-refractivity contribution in [2.45, 2.75) is 85.3 Å². The fourth-order valence-corrected chi connectivity index (χ4v) is 7.72. The van der Waals surface area contributed by atoms with Crippen molar-refractivity contribution in [3.05, 3.63) is 163 Å². The summed E-state index contributed by atoms with van der Waals surface area (Å²) in [5.74, 6) is 0.672. The molecule has 5 N–H and O–H groups in total. The van der Waals surface area contributed by atoms with Gasteiger partial charge in [0, 0.05) is 85.4 Å². The van der Waals surface area contributed by atoms with Crippen molar-refractivity contribution >= 4 is 29.2 Å². The average molecular weight is 960 g/mol. The van der Waals surface area contributed by atoms with Crippen molar-refractivity contribution in [1.82, 2.24) is 20.6 Å². The minimum absolute atomic E-state index is 0.0327. The molecule has 0 saturated heterocycles. The number of aromatic nitrogens is 2. The lowest BCUT2D eigenvalue weighted by Crippen LogP contribution is -2.28. The number of halogens is 2. The van der Waals surface area contributed by atoms with Gasteiger partial charge in [-0.15, -0.1) is 0 Å². The highest BCUT2D eigenvalue weighted by atomic mass is 35.5. The van der Waals surface area contributed by atoms with E-state index in [1.165, 1.54) is 12.4 Å². The van der Waals surface area contributed by atoms with Gasteiger partial charge in [0.05, 0.1) is 39.8 Å². The fraction of sp³-hybridized carbons (Fsp3) is 0.288. The molecule has 352 valence electrons. The lowest BCUT2D eigenvalue weighted by Gasteiger charge is -2.19. The monoisotopic (exact) mass is 958 g/mol. The summed E-state index contributed by atoms with van der Waals surface area (Å²) in [5, 5.41) is 55.0. The number of benzene rings is 4. The van der Waals surface area contributed by atoms with Crippen LogP contribution in [0.4, 0.5) is 0 Å². The quantitative estimate of drug-likeness (QED) is 0.0384. The highest BCUT2D eigenvalue weighted by molar-refractivity contribution is 6.32. The number of ether oxygens (including phenoxy) is 4. The molecule has 16 heteroatoms. The van der Waals surface area contributed by atoms with E-state index >= 15 is 0 Å². The van der Waals surface area contributed by atoms with Crippen LogP contribution < -0.4 is 29.6 Å². The molecule has 0 aliphatic rings. The third kappa shape index (κ3) is 14.1. The number of aliphatic hydroxyl groups is 2. The van der Waals surface area contributed by atoms with E-state index in [1.54, 1.807) is 48.8 Å². The van der Waals surface area contributed by atoms with E-state index in [1.807, 2.05) is 45.0 Å². The number of aliphatic carboxylic acids is 1. The zero-order valence-corrected chi connectivity index (χ0v) is 39.4. The maximum atomic E-state index is 11.1. The summed E-state index contributed by atoms with van der Waals surface area (Å²) >= 11 is 13.6. The zero-order chi connectivity index (χ0) is 48.6. The summed E-state index contributed by atoms with van der Waals surface area (Å²) in [7, 11) is 0. The van der Waals surface area contributed by atoms with Gasteiger partial charge in [0.1, 0.15) is 61.6 Å². The number of nitrogens with one attached hydrogen (secondary N) is 2. The van der Waals surface area contributed by atoms with Gasteiger partial charge in [-0.2, -0.15) is 10.5 Å². The predicted molar refractivity (Wildman–Crippen MR) is 257 cm³/mol. The van der Waals surface area contributed by atoms with E-state index < -0.39 is 24.6 Å². The van der Waals surface area contributed by atoms with Crippen LogP contribution in [0.2, 0.25) is 10.0 Å². The Bertz CT molecular complexity index is 2800. The number of hydrogen-bond donors (Lipinski definition) is 5. The summed E-state index contributed by atoms with van der Waals surface area (Å²) in [6.07, 6.45) is 4.85. The normalized spacial score (nSPS) is 11.8. The molecule has 2 unspecified atom stereocenters. The number of hydrogen-bond acceptors (Lipinski definition) is 13. The number of carbonyl (C=O) groups is 1. The third-order valence-corrected chi connectivity index (χ3v) is 11.7. The number of carboxylic acids is 1. The Labute approximate surface area is 405 Å². The van der Waals surface area contributed by atoms with Gasteiger partial charge in [0.2, 0.25) is 0 Å². The second kappa shape index (κ2) is 24.9. The Morgan fingerprint density at radius 3 is 1.50 bits per heavy atom. The van der Waals surface area contributed by atoms with Crippen molar-refractivity contribution in [3.63, 3.8) is 0 Å². The van der Waals surface area contributed by atoms with E-state index in [-0.39, 0.29) is 39.5 Å². The van der Waals surface area contributed by atoms with Crippen LogP contribution in [0.5, 0.6) is 23.0 Å². The predicted octanol–water partition coefficient (Wildman–Crippen LogP) is 8.91. The lowest BCUT2D eigenvalue weighted by molar-refractivity contribution is -0.139. The van der Waals surface area contributed by atoms with E-state index in [4.69, 9.17) is 47.3 Å². The zero-order valence-electron chi connectivity index (χ0n) is 37.9. The fourth-order valence-electron chi connectivity index (χ4n) is 7.23. The highest BCUT2D eigenvalue weighted by Crippen LogP contribution is 2.37. The molecule has 68 heavy (non-hydrogen) atoms. The standard InChI is InChI=1S/C52H52Cl2N6O8/c1-4-42(61)26-59-24-40-13-46(53)50(16-48(40)65-28-36-11-34(18-55)20-57-22-36)67-30-38-7-5-9-44(32(38)2)45-10-6-8-39(33(45)3)31-68-51-17-49(66-29-37-12-35(19-56)21-58-23-37)41(14-47(51)54)25-60-27-43(62)15-52(63)64/h5-14,16-17,20-23,42-43,59-62H,4,15,24-31H2,1-3H3,(H,63,64). The largest absolute Gasteiger partial charge is 0.488 e. The summed E-state index contributed by atoms with van der Waals surface area (Å²) in [5.41, 5.74) is 9.56. The maximum absolute atomic E-state index is 11.1. The molecule has 0 bridgehead atoms. The molecule has 0 aliphatic carbocycles. The average Bonchev–Trinajstić information content (AvgIpc) is 3.33. The molecule has 0 radical (unpaired) electrons. The second-order valence-corrected chi connectivity index (χ2v) is 16.9. The van der Waals surface area contributed by atoms with Gasteiger partial charge in [0.15, 0.2) is 0 Å². The molecule has 6 aromatic rings. The molecular formula is C52H52Cl2N6O8. The van der Waals surface area contributed by atoms with Crippen LogP contribution in [0.3, 0.4) is 0 Å². The van der Waals surface area contributed by atoms with Crippen molar-refractivity contribution in [3.8, 4) is 46.3 Å². The van der Waals surface area contributed by atoms with Gasteiger partial charge < -0.3 is 44.9 Å². The van der Waals surface area contributed by atoms with Crippen molar-refractivity contribution in [2.75, 3.05) is 13.1 Å². The van der Waals surface area contributed by atoms with Gasteiger partial charge in [-0.05, 0) is 77.9 Å². The smallest absolute Gasteiger partial charge is 0.306 e. The van der Waals surface area contributed by atoms with Crippen LogP contribution in [-0.4, -0.2) is 56.6 Å². The van der Waals surface area contributed by atoms with Crippen LogP contribution >= 0.6 is 23.2 Å². The lowest BCUT2D eigenvalue weighted by atomic mass is 9.92. The molecule has 0 aliphatic heterocycles. The van der Waals surface area contributed by atoms with Crippen LogP contribution in [0.25, 0.3) is 11.1 Å². The summed E-state index contributed by atoms with van der Waals surface area (Å²) < 4.78 is 25.2. The van der Waals surface area contributed by atoms with Gasteiger partial charge in [0.25, 0.3) is 0 Å². The Hall–Kier alpha value is -6.75. The third-order valence-electron chi connectivity index (χ3n) is 11.1. The number of pyridine rings is 2. The number of aliphatic hydroxyl groups excluding tert-OH is 2. The summed E-state index contributed by atoms with van der Waals surface area (Å²) in [6.45, 7) is 7.69. The molecular weight excluding hydrogens is 908 g/mol. The van der Waals surface area contributed by atoms with Gasteiger partial charge in [-0.25, -0.2) is 0 Å². The maximum Gasteiger partial charge on any atom is 0.306 e. The Balaban J connectivity index is 1.18. The van der Waals surface area contributed by atoms with Crippen molar-refractivity contribution in [1.29, 1.82) is 10.5 Å². The van der Waals surface area contributed by atoms with Crippen LogP contribution in [0.15, 0.2) is 97.6 Å². The van der Waals surface area contributed by atoms with E-state index in [0.29, 0.717) is 74.8 Å². The molecule has 2 atom stereocenters. The molecule has 14 nitrogen and oxygen atoms in total. The Morgan fingerprint density at radius 1 is 0.632 bits per heavy atom. The topological polar surface area (TPSA) is 212 Å². The number of rotatable bonds is 24.